The summed E-state index contributed by atoms with van der Waals surface area (Å²) in [6, 6.07) is 18.9. The molecule has 3 nitrogen and oxygen atoms in total. The zero-order valence-electron chi connectivity index (χ0n) is 11.6. The van der Waals surface area contributed by atoms with Crippen molar-refractivity contribution in [2.75, 3.05) is 0 Å². The summed E-state index contributed by atoms with van der Waals surface area (Å²) in [4.78, 5) is 16.1. The Morgan fingerprint density at radius 3 is 2.32 bits per heavy atom. The Morgan fingerprint density at radius 2 is 1.64 bits per heavy atom. The van der Waals surface area contributed by atoms with E-state index in [1.807, 2.05) is 60.7 Å². The number of carbonyl (C=O) groups is 1. The first-order valence-corrected chi connectivity index (χ1v) is 7.10. The predicted octanol–water partition coefficient (Wildman–Crippen LogP) is 4.15. The lowest BCUT2D eigenvalue weighted by atomic mass is 10.2. The van der Waals surface area contributed by atoms with Gasteiger partial charge in [-0.15, -0.1) is 0 Å². The molecular weight excluding hydrogens is 298 g/mol. The highest BCUT2D eigenvalue weighted by Gasteiger charge is 2.23. The minimum atomic E-state index is -0.501. The first-order chi connectivity index (χ1) is 10.7. The lowest BCUT2D eigenvalue weighted by molar-refractivity contribution is -0.130. The number of rotatable bonds is 3. The van der Waals surface area contributed by atoms with Crippen molar-refractivity contribution >= 4 is 29.5 Å². The Balaban J connectivity index is 1.86. The van der Waals surface area contributed by atoms with Crippen LogP contribution >= 0.6 is 11.6 Å². The van der Waals surface area contributed by atoms with Gasteiger partial charge < -0.3 is 4.74 Å². The molecule has 0 saturated heterocycles. The molecule has 4 heteroatoms. The molecule has 0 spiro atoms. The fourth-order valence-corrected chi connectivity index (χ4v) is 2.22. The van der Waals surface area contributed by atoms with Gasteiger partial charge in [0.2, 0.25) is 5.90 Å². The van der Waals surface area contributed by atoms with E-state index in [1.165, 1.54) is 6.08 Å². The normalized spacial score (nSPS) is 16.6. The second-order valence-corrected chi connectivity index (χ2v) is 5.08. The number of hydrogen-bond donors (Lipinski definition) is 0. The van der Waals surface area contributed by atoms with Crippen LogP contribution in [0.2, 0.25) is 0 Å². The lowest BCUT2D eigenvalue weighted by Crippen LogP contribution is -2.04. The van der Waals surface area contributed by atoms with Crippen molar-refractivity contribution in [1.29, 1.82) is 0 Å². The van der Waals surface area contributed by atoms with E-state index in [2.05, 4.69) is 4.99 Å². The van der Waals surface area contributed by atoms with Crippen molar-refractivity contribution in [2.45, 2.75) is 0 Å². The van der Waals surface area contributed by atoms with E-state index >= 15 is 0 Å². The topological polar surface area (TPSA) is 38.7 Å². The molecule has 0 aromatic heterocycles. The van der Waals surface area contributed by atoms with Crippen LogP contribution in [0.4, 0.5) is 0 Å². The Bertz CT molecular complexity index is 777. The van der Waals surface area contributed by atoms with Crippen molar-refractivity contribution in [3.63, 3.8) is 0 Å². The van der Waals surface area contributed by atoms with E-state index in [1.54, 1.807) is 6.08 Å². The summed E-state index contributed by atoms with van der Waals surface area (Å²) >= 11 is 6.16. The number of nitrogens with zero attached hydrogens (tertiary/aromatic N) is 1. The molecule has 2 aromatic carbocycles. The molecule has 0 aliphatic carbocycles. The van der Waals surface area contributed by atoms with Crippen LogP contribution in [-0.4, -0.2) is 11.9 Å². The van der Waals surface area contributed by atoms with Gasteiger partial charge in [-0.25, -0.2) is 9.79 Å². The third-order valence-corrected chi connectivity index (χ3v) is 3.24. The smallest absolute Gasteiger partial charge is 0.363 e. The van der Waals surface area contributed by atoms with Crippen LogP contribution in [0.3, 0.4) is 0 Å². The van der Waals surface area contributed by atoms with E-state index in [-0.39, 0.29) is 5.70 Å². The Kier molecular flexibility index (Phi) is 4.17. The third kappa shape index (κ3) is 3.32. The summed E-state index contributed by atoms with van der Waals surface area (Å²) in [6.45, 7) is 0. The van der Waals surface area contributed by atoms with Crippen molar-refractivity contribution in [2.24, 2.45) is 4.99 Å². The van der Waals surface area contributed by atoms with Crippen molar-refractivity contribution < 1.29 is 9.53 Å². The van der Waals surface area contributed by atoms with E-state index in [0.29, 0.717) is 10.9 Å². The summed E-state index contributed by atoms with van der Waals surface area (Å²) in [6.07, 6.45) is 3.27. The summed E-state index contributed by atoms with van der Waals surface area (Å²) in [5, 5.41) is 0.413. The average molecular weight is 310 g/mol. The van der Waals surface area contributed by atoms with Crippen LogP contribution in [0.25, 0.3) is 6.08 Å². The Morgan fingerprint density at radius 1 is 1.00 bits per heavy atom. The van der Waals surface area contributed by atoms with Crippen molar-refractivity contribution in [3.8, 4) is 0 Å². The van der Waals surface area contributed by atoms with Gasteiger partial charge in [-0.3, -0.25) is 0 Å². The van der Waals surface area contributed by atoms with Gasteiger partial charge in [0.25, 0.3) is 0 Å². The van der Waals surface area contributed by atoms with Gasteiger partial charge in [0, 0.05) is 10.6 Å². The molecule has 22 heavy (non-hydrogen) atoms. The number of allylic oxidation sites excluding steroid dienone is 2. The van der Waals surface area contributed by atoms with Crippen LogP contribution in [-0.2, 0) is 9.53 Å². The second kappa shape index (κ2) is 6.41. The number of esters is 1. The molecular formula is C18H12ClNO2. The number of ether oxygens (including phenoxy) is 1. The quantitative estimate of drug-likeness (QED) is 0.631. The maximum Gasteiger partial charge on any atom is 0.363 e. The first-order valence-electron chi connectivity index (χ1n) is 6.72. The molecule has 0 bridgehead atoms. The Hall–Kier alpha value is -2.65. The van der Waals surface area contributed by atoms with E-state index in [0.717, 1.165) is 11.1 Å². The average Bonchev–Trinajstić information content (AvgIpc) is 2.90. The van der Waals surface area contributed by atoms with Gasteiger partial charge in [0.15, 0.2) is 5.70 Å². The molecule has 0 N–H and O–H groups in total. The highest BCUT2D eigenvalue weighted by Crippen LogP contribution is 2.20. The number of aliphatic imine (C=N–C) groups is 1. The minimum absolute atomic E-state index is 0.191. The van der Waals surface area contributed by atoms with Gasteiger partial charge in [0.05, 0.1) is 0 Å². The fraction of sp³-hybridized carbons (Fsp3) is 0. The summed E-state index contributed by atoms with van der Waals surface area (Å²) in [5.41, 5.74) is 1.89. The summed E-state index contributed by atoms with van der Waals surface area (Å²) in [5.74, 6) is -0.209. The maximum atomic E-state index is 11.9. The lowest BCUT2D eigenvalue weighted by Gasteiger charge is -1.97. The Labute approximate surface area is 133 Å². The maximum absolute atomic E-state index is 11.9. The van der Waals surface area contributed by atoms with Gasteiger partial charge in [-0.2, -0.15) is 0 Å². The zero-order valence-corrected chi connectivity index (χ0v) is 12.3. The number of hydrogen-bond acceptors (Lipinski definition) is 3. The SMILES string of the molecule is O=C1OC(c2ccccc2)=NC1=CC(Cl)=Cc1ccccc1. The number of halogens is 1. The van der Waals surface area contributed by atoms with E-state index in [4.69, 9.17) is 16.3 Å². The molecule has 0 radical (unpaired) electrons. The molecule has 0 fully saturated rings. The molecule has 3 rings (SSSR count). The molecule has 0 amide bonds. The second-order valence-electron chi connectivity index (χ2n) is 4.64. The van der Waals surface area contributed by atoms with Gasteiger partial charge in [-0.1, -0.05) is 60.1 Å². The molecule has 1 heterocycles. The standard InChI is InChI=1S/C18H12ClNO2/c19-15(11-13-7-3-1-4-8-13)12-16-18(21)22-17(20-16)14-9-5-2-6-10-14/h1-12H. The molecule has 0 unspecified atom stereocenters. The number of carbonyl (C=O) groups excluding carboxylic acids is 1. The number of benzene rings is 2. The highest BCUT2D eigenvalue weighted by molar-refractivity contribution is 6.33. The third-order valence-electron chi connectivity index (χ3n) is 3.02. The number of cyclic esters (lactones) is 1. The van der Waals surface area contributed by atoms with Gasteiger partial charge in [-0.05, 0) is 29.8 Å². The van der Waals surface area contributed by atoms with Gasteiger partial charge >= 0.3 is 5.97 Å². The zero-order chi connectivity index (χ0) is 15.4. The molecule has 1 aliphatic heterocycles. The molecule has 0 atom stereocenters. The highest BCUT2D eigenvalue weighted by atomic mass is 35.5. The van der Waals surface area contributed by atoms with Crippen molar-refractivity contribution in [1.82, 2.24) is 0 Å². The fourth-order valence-electron chi connectivity index (χ4n) is 1.99. The molecule has 2 aromatic rings. The monoisotopic (exact) mass is 309 g/mol. The van der Waals surface area contributed by atoms with E-state index in [9.17, 15) is 4.79 Å². The van der Waals surface area contributed by atoms with Crippen LogP contribution in [0.15, 0.2) is 82.5 Å². The van der Waals surface area contributed by atoms with E-state index < -0.39 is 5.97 Å². The molecule has 1 aliphatic rings. The molecule has 0 saturated carbocycles. The van der Waals surface area contributed by atoms with Crippen LogP contribution < -0.4 is 0 Å². The summed E-state index contributed by atoms with van der Waals surface area (Å²) in [7, 11) is 0. The van der Waals surface area contributed by atoms with Crippen LogP contribution in [0.5, 0.6) is 0 Å². The predicted molar refractivity (Wildman–Crippen MR) is 87.4 cm³/mol. The van der Waals surface area contributed by atoms with Crippen molar-refractivity contribution in [3.05, 3.63) is 88.6 Å². The van der Waals surface area contributed by atoms with Gasteiger partial charge in [0.1, 0.15) is 0 Å². The largest absolute Gasteiger partial charge is 0.402 e. The van der Waals surface area contributed by atoms with Crippen LogP contribution in [0, 0.1) is 0 Å². The minimum Gasteiger partial charge on any atom is -0.402 e. The summed E-state index contributed by atoms with van der Waals surface area (Å²) < 4.78 is 5.17. The first kappa shape index (κ1) is 14.3. The molecule has 108 valence electrons. The van der Waals surface area contributed by atoms with Crippen LogP contribution in [0.1, 0.15) is 11.1 Å².